The summed E-state index contributed by atoms with van der Waals surface area (Å²) in [5.41, 5.74) is 1.04. The van der Waals surface area contributed by atoms with Gasteiger partial charge >= 0.3 is 0 Å². The van der Waals surface area contributed by atoms with E-state index in [4.69, 9.17) is 9.72 Å². The Kier molecular flexibility index (Phi) is 6.03. The maximum Gasteiger partial charge on any atom is 0.226 e. The molecule has 4 nitrogen and oxygen atoms in total. The van der Waals surface area contributed by atoms with Crippen molar-refractivity contribution in [2.24, 2.45) is 11.8 Å². The highest BCUT2D eigenvalue weighted by Gasteiger charge is 2.36. The number of para-hydroxylation sites is 2. The van der Waals surface area contributed by atoms with Crippen LogP contribution in [0.25, 0.3) is 10.2 Å². The number of thiazole rings is 1. The molecule has 2 aromatic carbocycles. The maximum atomic E-state index is 13.6. The molecule has 160 valence electrons. The van der Waals surface area contributed by atoms with Crippen molar-refractivity contribution in [1.29, 1.82) is 0 Å². The fourth-order valence-electron chi connectivity index (χ4n) is 4.78. The number of likely N-dealkylation sites (tertiary alicyclic amines) is 1. The van der Waals surface area contributed by atoms with Gasteiger partial charge in [-0.05, 0) is 49.9 Å². The third-order valence-electron chi connectivity index (χ3n) is 6.44. The van der Waals surface area contributed by atoms with Crippen LogP contribution in [0.2, 0.25) is 0 Å². The Hall–Kier alpha value is -2.66. The molecule has 31 heavy (non-hydrogen) atoms. The molecular weight excluding hydrogens is 404 g/mol. The molecular formula is C26H28N2O2S. The molecule has 1 fully saturated rings. The van der Waals surface area contributed by atoms with E-state index in [1.54, 1.807) is 11.3 Å². The fraction of sp³-hybridized carbons (Fsp3) is 0.385. The minimum atomic E-state index is -0.0145. The van der Waals surface area contributed by atoms with Gasteiger partial charge in [0.05, 0.1) is 27.7 Å². The van der Waals surface area contributed by atoms with Crippen LogP contribution in [0, 0.1) is 11.8 Å². The SMILES string of the molecule is O=C(C1CC=CCC1c1nc2ccccc2s1)N1CCCC(COc2ccccc2)C1. The van der Waals surface area contributed by atoms with Crippen LogP contribution in [0.5, 0.6) is 5.75 Å². The van der Waals surface area contributed by atoms with E-state index in [1.165, 1.54) is 4.70 Å². The first kappa shape index (κ1) is 20.3. The Bertz CT molecular complexity index is 1030. The molecule has 1 aliphatic heterocycles. The number of aromatic nitrogens is 1. The lowest BCUT2D eigenvalue weighted by molar-refractivity contribution is -0.138. The zero-order chi connectivity index (χ0) is 21.0. The van der Waals surface area contributed by atoms with Gasteiger partial charge in [0.25, 0.3) is 0 Å². The summed E-state index contributed by atoms with van der Waals surface area (Å²) in [6.45, 7) is 2.31. The Balaban J connectivity index is 1.27. The van der Waals surface area contributed by atoms with Crippen LogP contribution in [-0.2, 0) is 4.79 Å². The molecule has 0 spiro atoms. The van der Waals surface area contributed by atoms with Gasteiger partial charge in [0.1, 0.15) is 5.75 Å². The Morgan fingerprint density at radius 2 is 1.87 bits per heavy atom. The topological polar surface area (TPSA) is 42.4 Å². The van der Waals surface area contributed by atoms with Crippen LogP contribution in [0.1, 0.15) is 36.6 Å². The van der Waals surface area contributed by atoms with Gasteiger partial charge in [-0.15, -0.1) is 11.3 Å². The van der Waals surface area contributed by atoms with Gasteiger partial charge in [-0.25, -0.2) is 4.98 Å². The van der Waals surface area contributed by atoms with Crippen molar-refractivity contribution in [2.75, 3.05) is 19.7 Å². The minimum Gasteiger partial charge on any atom is -0.493 e. The van der Waals surface area contributed by atoms with Crippen molar-refractivity contribution in [3.8, 4) is 5.75 Å². The van der Waals surface area contributed by atoms with Crippen molar-refractivity contribution >= 4 is 27.5 Å². The average Bonchev–Trinajstić information content (AvgIpc) is 3.27. The number of hydrogen-bond donors (Lipinski definition) is 0. The van der Waals surface area contributed by atoms with Crippen LogP contribution in [-0.4, -0.2) is 35.5 Å². The highest BCUT2D eigenvalue weighted by molar-refractivity contribution is 7.18. The number of rotatable bonds is 5. The maximum absolute atomic E-state index is 13.6. The van der Waals surface area contributed by atoms with Gasteiger partial charge in [-0.2, -0.15) is 0 Å². The molecule has 3 unspecified atom stereocenters. The van der Waals surface area contributed by atoms with Crippen molar-refractivity contribution in [3.05, 3.63) is 71.8 Å². The molecule has 3 atom stereocenters. The van der Waals surface area contributed by atoms with Gasteiger partial charge in [-0.3, -0.25) is 4.79 Å². The summed E-state index contributed by atoms with van der Waals surface area (Å²) in [6, 6.07) is 18.2. The summed E-state index contributed by atoms with van der Waals surface area (Å²) < 4.78 is 7.19. The number of benzene rings is 2. The van der Waals surface area contributed by atoms with Gasteiger partial charge in [-0.1, -0.05) is 42.5 Å². The Labute approximate surface area is 187 Å². The first-order valence-corrected chi connectivity index (χ1v) is 12.1. The van der Waals surface area contributed by atoms with E-state index in [1.807, 2.05) is 36.4 Å². The molecule has 0 bridgehead atoms. The van der Waals surface area contributed by atoms with Gasteiger partial charge in [0.2, 0.25) is 5.91 Å². The number of nitrogens with zero attached hydrogens (tertiary/aromatic N) is 2. The predicted octanol–water partition coefficient (Wildman–Crippen LogP) is 5.66. The molecule has 1 saturated heterocycles. The van der Waals surface area contributed by atoms with Crippen molar-refractivity contribution in [1.82, 2.24) is 9.88 Å². The van der Waals surface area contributed by atoms with Crippen molar-refractivity contribution in [2.45, 2.75) is 31.6 Å². The molecule has 0 radical (unpaired) electrons. The smallest absolute Gasteiger partial charge is 0.226 e. The van der Waals surface area contributed by atoms with E-state index in [0.29, 0.717) is 12.5 Å². The second-order valence-electron chi connectivity index (χ2n) is 8.59. The summed E-state index contributed by atoms with van der Waals surface area (Å²) in [7, 11) is 0. The zero-order valence-corrected chi connectivity index (χ0v) is 18.5. The van der Waals surface area contributed by atoms with E-state index in [9.17, 15) is 4.79 Å². The number of hydrogen-bond acceptors (Lipinski definition) is 4. The predicted molar refractivity (Wildman–Crippen MR) is 125 cm³/mol. The number of ether oxygens (including phenoxy) is 1. The summed E-state index contributed by atoms with van der Waals surface area (Å²) >= 11 is 1.74. The van der Waals surface area contributed by atoms with E-state index >= 15 is 0 Å². The first-order chi connectivity index (χ1) is 15.3. The number of fused-ring (bicyclic) bond motifs is 1. The van der Waals surface area contributed by atoms with E-state index < -0.39 is 0 Å². The van der Waals surface area contributed by atoms with Crippen molar-refractivity contribution in [3.63, 3.8) is 0 Å². The lowest BCUT2D eigenvalue weighted by atomic mass is 9.81. The molecule has 1 aliphatic carbocycles. The zero-order valence-electron chi connectivity index (χ0n) is 17.7. The molecule has 3 aromatic rings. The van der Waals surface area contributed by atoms with Crippen molar-refractivity contribution < 1.29 is 9.53 Å². The molecule has 5 heteroatoms. The molecule has 0 saturated carbocycles. The van der Waals surface area contributed by atoms with Crippen LogP contribution in [0.15, 0.2) is 66.7 Å². The number of carbonyl (C=O) groups is 1. The first-order valence-electron chi connectivity index (χ1n) is 11.2. The monoisotopic (exact) mass is 432 g/mol. The summed E-state index contributed by atoms with van der Waals surface area (Å²) in [5.74, 6) is 1.74. The summed E-state index contributed by atoms with van der Waals surface area (Å²) in [6.07, 6.45) is 8.25. The van der Waals surface area contributed by atoms with Gasteiger partial charge in [0.15, 0.2) is 0 Å². The number of carbonyl (C=O) groups excluding carboxylic acids is 1. The quantitative estimate of drug-likeness (QED) is 0.488. The van der Waals surface area contributed by atoms with Crippen LogP contribution in [0.4, 0.5) is 0 Å². The fourth-order valence-corrected chi connectivity index (χ4v) is 5.92. The molecule has 0 N–H and O–H groups in total. The highest BCUT2D eigenvalue weighted by Crippen LogP contribution is 2.39. The normalized spacial score (nSPS) is 23.7. The molecule has 5 rings (SSSR count). The molecule has 1 aromatic heterocycles. The summed E-state index contributed by atoms with van der Waals surface area (Å²) in [4.78, 5) is 20.6. The van der Waals surface area contributed by atoms with E-state index in [-0.39, 0.29) is 17.7 Å². The van der Waals surface area contributed by atoms with Crippen LogP contribution < -0.4 is 4.74 Å². The lowest BCUT2D eigenvalue weighted by Gasteiger charge is -2.37. The molecule has 1 amide bonds. The third-order valence-corrected chi connectivity index (χ3v) is 7.61. The minimum absolute atomic E-state index is 0.0145. The highest BCUT2D eigenvalue weighted by atomic mass is 32.1. The number of piperidine rings is 1. The lowest BCUT2D eigenvalue weighted by Crippen LogP contribution is -2.45. The molecule has 2 heterocycles. The van der Waals surface area contributed by atoms with E-state index in [2.05, 4.69) is 35.3 Å². The Morgan fingerprint density at radius 3 is 2.74 bits per heavy atom. The van der Waals surface area contributed by atoms with Crippen LogP contribution >= 0.6 is 11.3 Å². The second-order valence-corrected chi connectivity index (χ2v) is 9.65. The Morgan fingerprint density at radius 1 is 1.06 bits per heavy atom. The standard InChI is InChI=1S/C26H28N2O2S/c29-26(28-16-8-9-19(17-28)18-30-20-10-2-1-3-11-20)22-13-5-4-12-21(22)25-27-23-14-6-7-15-24(23)31-25/h1-7,10-11,14-15,19,21-22H,8-9,12-13,16-18H2. The van der Waals surface area contributed by atoms with Crippen LogP contribution in [0.3, 0.4) is 0 Å². The number of amides is 1. The average molecular weight is 433 g/mol. The largest absolute Gasteiger partial charge is 0.493 e. The third kappa shape index (κ3) is 4.52. The van der Waals surface area contributed by atoms with Gasteiger partial charge < -0.3 is 9.64 Å². The number of allylic oxidation sites excluding steroid dienone is 2. The van der Waals surface area contributed by atoms with Gasteiger partial charge in [0, 0.05) is 24.9 Å². The van der Waals surface area contributed by atoms with E-state index in [0.717, 1.165) is 55.0 Å². The summed E-state index contributed by atoms with van der Waals surface area (Å²) in [5, 5.41) is 1.10. The molecule has 2 aliphatic rings. The second kappa shape index (κ2) is 9.23.